The zero-order valence-corrected chi connectivity index (χ0v) is 8.28. The van der Waals surface area contributed by atoms with Crippen LogP contribution in [0.4, 0.5) is 23.2 Å². The molecule has 0 fully saturated rings. The number of nitrogens with zero attached hydrogens (tertiary/aromatic N) is 1. The molecule has 0 bridgehead atoms. The number of rotatable bonds is 4. The number of hydrogen-bond donors (Lipinski definition) is 0. The second-order valence-corrected chi connectivity index (χ2v) is 3.10. The molecule has 0 aliphatic carbocycles. The molecule has 0 aliphatic heterocycles. The first-order valence-corrected chi connectivity index (χ1v) is 4.40. The van der Waals surface area contributed by atoms with Gasteiger partial charge in [-0.25, -0.2) is 4.39 Å². The van der Waals surface area contributed by atoms with E-state index in [2.05, 4.69) is 4.74 Å². The van der Waals surface area contributed by atoms with Crippen LogP contribution >= 0.6 is 0 Å². The van der Waals surface area contributed by atoms with Gasteiger partial charge in [0, 0.05) is 12.1 Å². The minimum absolute atomic E-state index is 0.202. The van der Waals surface area contributed by atoms with E-state index in [1.165, 1.54) is 0 Å². The average Bonchev–Trinajstić information content (AvgIpc) is 2.15. The van der Waals surface area contributed by atoms with Crippen LogP contribution in [0.25, 0.3) is 0 Å². The smallest absolute Gasteiger partial charge is 0.395 e. The molecule has 0 aliphatic rings. The first kappa shape index (κ1) is 13.2. The fourth-order valence-corrected chi connectivity index (χ4v) is 1.02. The maximum Gasteiger partial charge on any atom is 0.395 e. The Labute approximate surface area is 93.0 Å². The molecular weight excluding hydrogens is 246 g/mol. The highest BCUT2D eigenvalue weighted by Crippen LogP contribution is 2.25. The van der Waals surface area contributed by atoms with E-state index in [0.717, 1.165) is 24.3 Å². The summed E-state index contributed by atoms with van der Waals surface area (Å²) in [7, 11) is 0. The first-order valence-electron chi connectivity index (χ1n) is 4.40. The summed E-state index contributed by atoms with van der Waals surface area (Å²) in [5.41, 5.74) is -0.261. The summed E-state index contributed by atoms with van der Waals surface area (Å²) in [4.78, 5) is 9.58. The van der Waals surface area contributed by atoms with Crippen LogP contribution in [0.2, 0.25) is 0 Å². The van der Waals surface area contributed by atoms with Crippen molar-refractivity contribution in [2.45, 2.75) is 19.0 Å². The van der Waals surface area contributed by atoms with Crippen molar-refractivity contribution in [1.82, 2.24) is 0 Å². The van der Waals surface area contributed by atoms with E-state index in [4.69, 9.17) is 0 Å². The van der Waals surface area contributed by atoms with Crippen LogP contribution in [0, 0.1) is 10.1 Å². The van der Waals surface area contributed by atoms with E-state index >= 15 is 0 Å². The quantitative estimate of drug-likeness (QED) is 0.470. The molecule has 0 radical (unpaired) electrons. The molecule has 1 rings (SSSR count). The largest absolute Gasteiger partial charge is 0.460 e. The van der Waals surface area contributed by atoms with Crippen molar-refractivity contribution < 1.29 is 27.2 Å². The van der Waals surface area contributed by atoms with Crippen molar-refractivity contribution in [2.24, 2.45) is 0 Å². The normalized spacial score (nSPS) is 13.2. The van der Waals surface area contributed by atoms with Gasteiger partial charge >= 0.3 is 6.18 Å². The Balaban J connectivity index is 2.60. The average molecular weight is 253 g/mol. The number of nitro groups is 1. The van der Waals surface area contributed by atoms with Gasteiger partial charge in [-0.15, -0.1) is 0 Å². The minimum atomic E-state index is -4.67. The SMILES string of the molecule is O=[N+]([O-])c1ccc(OC(F)CC(F)(F)F)cc1. The van der Waals surface area contributed by atoms with Crippen molar-refractivity contribution in [3.8, 4) is 5.75 Å². The molecular formula is C9H7F4NO3. The fraction of sp³-hybridized carbons (Fsp3) is 0.333. The molecule has 0 heterocycles. The van der Waals surface area contributed by atoms with Crippen LogP contribution in [-0.4, -0.2) is 17.5 Å². The predicted molar refractivity (Wildman–Crippen MR) is 49.3 cm³/mol. The molecule has 1 aromatic rings. The number of halogens is 4. The van der Waals surface area contributed by atoms with Gasteiger partial charge in [0.05, 0.1) is 4.92 Å². The highest BCUT2D eigenvalue weighted by atomic mass is 19.4. The third-order valence-electron chi connectivity index (χ3n) is 1.70. The fourth-order valence-electron chi connectivity index (χ4n) is 1.02. The molecule has 8 heteroatoms. The standard InChI is InChI=1S/C9H7F4NO3/c10-8(5-9(11,12)13)17-7-3-1-6(2-4-7)14(15)16/h1-4,8H,5H2. The van der Waals surface area contributed by atoms with E-state index in [1.807, 2.05) is 0 Å². The van der Waals surface area contributed by atoms with Crippen LogP contribution in [0.3, 0.4) is 0 Å². The van der Waals surface area contributed by atoms with Gasteiger partial charge in [0.2, 0.25) is 6.36 Å². The van der Waals surface area contributed by atoms with E-state index in [1.54, 1.807) is 0 Å². The molecule has 1 aromatic carbocycles. The third kappa shape index (κ3) is 4.66. The van der Waals surface area contributed by atoms with Gasteiger partial charge < -0.3 is 4.74 Å². The second kappa shape index (κ2) is 4.98. The Bertz CT molecular complexity index is 390. The summed E-state index contributed by atoms with van der Waals surface area (Å²) in [6.07, 6.45) is -8.93. The van der Waals surface area contributed by atoms with E-state index in [-0.39, 0.29) is 11.4 Å². The van der Waals surface area contributed by atoms with Gasteiger partial charge in [-0.05, 0) is 12.1 Å². The Morgan fingerprint density at radius 2 is 1.82 bits per heavy atom. The lowest BCUT2D eigenvalue weighted by Crippen LogP contribution is -2.20. The summed E-state index contributed by atoms with van der Waals surface area (Å²) >= 11 is 0. The Hall–Kier alpha value is -1.86. The van der Waals surface area contributed by atoms with Crippen molar-refractivity contribution in [3.63, 3.8) is 0 Å². The van der Waals surface area contributed by atoms with Crippen LogP contribution in [0.1, 0.15) is 6.42 Å². The van der Waals surface area contributed by atoms with Gasteiger partial charge in [-0.3, -0.25) is 10.1 Å². The molecule has 94 valence electrons. The number of nitro benzene ring substituents is 1. The lowest BCUT2D eigenvalue weighted by molar-refractivity contribution is -0.384. The lowest BCUT2D eigenvalue weighted by Gasteiger charge is -2.12. The van der Waals surface area contributed by atoms with Gasteiger partial charge in [0.15, 0.2) is 0 Å². The predicted octanol–water partition coefficient (Wildman–Crippen LogP) is 3.22. The zero-order chi connectivity index (χ0) is 13.1. The minimum Gasteiger partial charge on any atom is -0.460 e. The zero-order valence-electron chi connectivity index (χ0n) is 8.28. The van der Waals surface area contributed by atoms with Crippen LogP contribution in [0.15, 0.2) is 24.3 Å². The molecule has 17 heavy (non-hydrogen) atoms. The van der Waals surface area contributed by atoms with Gasteiger partial charge in [0.1, 0.15) is 12.2 Å². The van der Waals surface area contributed by atoms with Crippen molar-refractivity contribution in [3.05, 3.63) is 34.4 Å². The number of non-ortho nitro benzene ring substituents is 1. The van der Waals surface area contributed by atoms with Crippen molar-refractivity contribution in [2.75, 3.05) is 0 Å². The molecule has 0 amide bonds. The maximum absolute atomic E-state index is 12.8. The Kier molecular flexibility index (Phi) is 3.87. The molecule has 4 nitrogen and oxygen atoms in total. The van der Waals surface area contributed by atoms with Crippen molar-refractivity contribution >= 4 is 5.69 Å². The van der Waals surface area contributed by atoms with Crippen LogP contribution < -0.4 is 4.74 Å². The summed E-state index contributed by atoms with van der Waals surface area (Å²) in [5.74, 6) is -0.202. The van der Waals surface area contributed by atoms with Gasteiger partial charge in [-0.1, -0.05) is 0 Å². The van der Waals surface area contributed by atoms with Crippen LogP contribution in [0.5, 0.6) is 5.75 Å². The summed E-state index contributed by atoms with van der Waals surface area (Å²) in [6, 6.07) is 4.08. The highest BCUT2D eigenvalue weighted by molar-refractivity contribution is 5.35. The summed E-state index contributed by atoms with van der Waals surface area (Å²) < 4.78 is 52.4. The van der Waals surface area contributed by atoms with E-state index < -0.39 is 23.9 Å². The Morgan fingerprint density at radius 3 is 2.24 bits per heavy atom. The van der Waals surface area contributed by atoms with Crippen molar-refractivity contribution in [1.29, 1.82) is 0 Å². The lowest BCUT2D eigenvalue weighted by atomic mass is 10.3. The molecule has 0 aromatic heterocycles. The van der Waals surface area contributed by atoms with Gasteiger partial charge in [0.25, 0.3) is 5.69 Å². The Morgan fingerprint density at radius 1 is 1.29 bits per heavy atom. The number of ether oxygens (including phenoxy) is 1. The topological polar surface area (TPSA) is 52.4 Å². The molecule has 1 unspecified atom stereocenters. The number of benzene rings is 1. The number of alkyl halides is 4. The van der Waals surface area contributed by atoms with E-state index in [0.29, 0.717) is 0 Å². The third-order valence-corrected chi connectivity index (χ3v) is 1.70. The van der Waals surface area contributed by atoms with E-state index in [9.17, 15) is 27.7 Å². The highest BCUT2D eigenvalue weighted by Gasteiger charge is 2.33. The molecule has 0 spiro atoms. The monoisotopic (exact) mass is 253 g/mol. The molecule has 0 N–H and O–H groups in total. The molecule has 1 atom stereocenters. The summed E-state index contributed by atoms with van der Waals surface area (Å²) in [5, 5.41) is 10.3. The molecule has 0 saturated carbocycles. The first-order chi connectivity index (χ1) is 7.78. The second-order valence-electron chi connectivity index (χ2n) is 3.10. The van der Waals surface area contributed by atoms with Gasteiger partial charge in [-0.2, -0.15) is 13.2 Å². The van der Waals surface area contributed by atoms with Crippen LogP contribution in [-0.2, 0) is 0 Å². The molecule has 0 saturated heterocycles. The maximum atomic E-state index is 12.8. The number of hydrogen-bond acceptors (Lipinski definition) is 3. The summed E-state index contributed by atoms with van der Waals surface area (Å²) in [6.45, 7) is 0.